The van der Waals surface area contributed by atoms with Gasteiger partial charge in [0, 0.05) is 12.6 Å². The zero-order chi connectivity index (χ0) is 17.7. The first kappa shape index (κ1) is 17.7. The summed E-state index contributed by atoms with van der Waals surface area (Å²) in [5.74, 6) is -1.57. The molecule has 1 heterocycles. The molecule has 0 bridgehead atoms. The van der Waals surface area contributed by atoms with E-state index < -0.39 is 17.8 Å². The Balaban J connectivity index is 2.21. The van der Waals surface area contributed by atoms with Crippen molar-refractivity contribution < 1.29 is 19.1 Å². The SMILES string of the molecule is COC(=O)c1cc(/C=C/C(=O)N2CCC=C(Br)C2=O)ccc1N=O. The monoisotopic (exact) mass is 392 g/mol. The molecule has 1 aliphatic rings. The lowest BCUT2D eigenvalue weighted by Crippen LogP contribution is -2.38. The van der Waals surface area contributed by atoms with Crippen LogP contribution in [0.4, 0.5) is 5.69 Å². The molecule has 1 aromatic rings. The van der Waals surface area contributed by atoms with Crippen molar-refractivity contribution in [3.63, 3.8) is 0 Å². The van der Waals surface area contributed by atoms with Crippen LogP contribution in [-0.2, 0) is 14.3 Å². The minimum Gasteiger partial charge on any atom is -0.465 e. The van der Waals surface area contributed by atoms with Crippen LogP contribution in [0.5, 0.6) is 0 Å². The summed E-state index contributed by atoms with van der Waals surface area (Å²) in [4.78, 5) is 47.5. The Labute approximate surface area is 146 Å². The van der Waals surface area contributed by atoms with Crippen molar-refractivity contribution in [2.24, 2.45) is 5.18 Å². The Morgan fingerprint density at radius 2 is 2.12 bits per heavy atom. The number of hydrogen-bond acceptors (Lipinski definition) is 6. The lowest BCUT2D eigenvalue weighted by molar-refractivity contribution is -0.139. The second-order valence-electron chi connectivity index (χ2n) is 4.83. The molecule has 0 radical (unpaired) electrons. The number of ether oxygens (including phenoxy) is 1. The zero-order valence-electron chi connectivity index (χ0n) is 12.7. The predicted molar refractivity (Wildman–Crippen MR) is 90.6 cm³/mol. The first-order valence-corrected chi connectivity index (χ1v) is 7.72. The number of nitrogens with zero attached hydrogens (tertiary/aromatic N) is 2. The van der Waals surface area contributed by atoms with Crippen LogP contribution in [0, 0.1) is 4.91 Å². The Hall–Kier alpha value is -2.61. The van der Waals surface area contributed by atoms with Gasteiger partial charge in [-0.1, -0.05) is 12.1 Å². The summed E-state index contributed by atoms with van der Waals surface area (Å²) in [6, 6.07) is 4.27. The minimum absolute atomic E-state index is 0.00169. The van der Waals surface area contributed by atoms with Crippen LogP contribution in [0.15, 0.2) is 40.0 Å². The van der Waals surface area contributed by atoms with Crippen molar-refractivity contribution in [2.45, 2.75) is 6.42 Å². The number of imide groups is 1. The number of esters is 1. The van der Waals surface area contributed by atoms with Crippen molar-refractivity contribution in [2.75, 3.05) is 13.7 Å². The lowest BCUT2D eigenvalue weighted by atomic mass is 10.1. The molecule has 7 nitrogen and oxygen atoms in total. The first-order valence-electron chi connectivity index (χ1n) is 6.93. The van der Waals surface area contributed by atoms with Crippen LogP contribution in [0.2, 0.25) is 0 Å². The maximum Gasteiger partial charge on any atom is 0.340 e. The molecule has 0 unspecified atom stereocenters. The Bertz CT molecular complexity index is 770. The number of carbonyl (C=O) groups is 3. The van der Waals surface area contributed by atoms with E-state index in [-0.39, 0.29) is 11.3 Å². The fraction of sp³-hybridized carbons (Fsp3) is 0.188. The van der Waals surface area contributed by atoms with Gasteiger partial charge >= 0.3 is 5.97 Å². The molecule has 2 amide bonds. The highest BCUT2D eigenvalue weighted by Gasteiger charge is 2.24. The van der Waals surface area contributed by atoms with Crippen molar-refractivity contribution in [3.05, 3.63) is 50.9 Å². The molecular formula is C16H13BrN2O5. The number of rotatable bonds is 4. The first-order chi connectivity index (χ1) is 11.5. The van der Waals surface area contributed by atoms with E-state index in [0.29, 0.717) is 23.0 Å². The van der Waals surface area contributed by atoms with Crippen LogP contribution in [0.25, 0.3) is 6.08 Å². The number of benzene rings is 1. The number of carbonyl (C=O) groups excluding carboxylic acids is 3. The summed E-state index contributed by atoms with van der Waals surface area (Å²) >= 11 is 3.11. The molecule has 0 N–H and O–H groups in total. The van der Waals surface area contributed by atoms with Crippen molar-refractivity contribution in [1.82, 2.24) is 4.90 Å². The quantitative estimate of drug-likeness (QED) is 0.446. The molecule has 0 saturated carbocycles. The van der Waals surface area contributed by atoms with E-state index in [2.05, 4.69) is 25.8 Å². The van der Waals surface area contributed by atoms with Gasteiger partial charge in [-0.2, -0.15) is 0 Å². The van der Waals surface area contributed by atoms with E-state index >= 15 is 0 Å². The molecule has 24 heavy (non-hydrogen) atoms. The lowest BCUT2D eigenvalue weighted by Gasteiger charge is -2.21. The highest BCUT2D eigenvalue weighted by atomic mass is 79.9. The van der Waals surface area contributed by atoms with Gasteiger partial charge in [0.15, 0.2) is 0 Å². The van der Waals surface area contributed by atoms with Gasteiger partial charge in [-0.05, 0) is 51.3 Å². The Kier molecular flexibility index (Phi) is 5.75. The van der Waals surface area contributed by atoms with Gasteiger partial charge in [-0.15, -0.1) is 4.91 Å². The smallest absolute Gasteiger partial charge is 0.340 e. The predicted octanol–water partition coefficient (Wildman–Crippen LogP) is 2.92. The summed E-state index contributed by atoms with van der Waals surface area (Å²) in [7, 11) is 1.19. The molecule has 2 rings (SSSR count). The summed E-state index contributed by atoms with van der Waals surface area (Å²) in [6.45, 7) is 0.304. The highest BCUT2D eigenvalue weighted by Crippen LogP contribution is 2.22. The van der Waals surface area contributed by atoms with Gasteiger partial charge in [0.2, 0.25) is 0 Å². The molecule has 1 aromatic carbocycles. The topological polar surface area (TPSA) is 93.1 Å². The van der Waals surface area contributed by atoms with Crippen LogP contribution in [-0.4, -0.2) is 36.3 Å². The number of nitroso groups, excluding NO2 is 1. The van der Waals surface area contributed by atoms with E-state index in [1.54, 1.807) is 6.08 Å². The van der Waals surface area contributed by atoms with Gasteiger partial charge in [-0.25, -0.2) is 4.79 Å². The summed E-state index contributed by atoms with van der Waals surface area (Å²) < 4.78 is 4.94. The van der Waals surface area contributed by atoms with Crippen LogP contribution >= 0.6 is 15.9 Å². The number of hydrogen-bond donors (Lipinski definition) is 0. The summed E-state index contributed by atoms with van der Waals surface area (Å²) in [5.41, 5.74) is 0.447. The van der Waals surface area contributed by atoms with E-state index in [4.69, 9.17) is 0 Å². The van der Waals surface area contributed by atoms with Crippen molar-refractivity contribution >= 4 is 45.5 Å². The minimum atomic E-state index is -0.702. The normalized spacial score (nSPS) is 14.5. The van der Waals surface area contributed by atoms with Crippen molar-refractivity contribution in [1.29, 1.82) is 0 Å². The third-order valence-electron chi connectivity index (χ3n) is 3.33. The maximum absolute atomic E-state index is 12.1. The zero-order valence-corrected chi connectivity index (χ0v) is 14.3. The van der Waals surface area contributed by atoms with Crippen LogP contribution < -0.4 is 0 Å². The van der Waals surface area contributed by atoms with E-state index in [9.17, 15) is 19.3 Å². The number of halogens is 1. The van der Waals surface area contributed by atoms with E-state index in [1.165, 1.54) is 37.5 Å². The second-order valence-corrected chi connectivity index (χ2v) is 5.68. The Morgan fingerprint density at radius 3 is 2.79 bits per heavy atom. The van der Waals surface area contributed by atoms with E-state index in [0.717, 1.165) is 4.90 Å². The third-order valence-corrected chi connectivity index (χ3v) is 4.00. The molecule has 8 heteroatoms. The molecule has 0 spiro atoms. The second kappa shape index (κ2) is 7.78. The molecule has 0 fully saturated rings. The van der Waals surface area contributed by atoms with Gasteiger partial charge in [0.25, 0.3) is 11.8 Å². The Morgan fingerprint density at radius 1 is 1.38 bits per heavy atom. The van der Waals surface area contributed by atoms with Gasteiger partial charge in [0.05, 0.1) is 17.2 Å². The molecule has 1 aliphatic heterocycles. The van der Waals surface area contributed by atoms with Gasteiger partial charge in [-0.3, -0.25) is 14.5 Å². The summed E-state index contributed by atoms with van der Waals surface area (Å²) in [5, 5.41) is 2.76. The highest BCUT2D eigenvalue weighted by molar-refractivity contribution is 9.12. The molecule has 0 aromatic heterocycles. The third kappa shape index (κ3) is 3.83. The van der Waals surface area contributed by atoms with E-state index in [1.807, 2.05) is 0 Å². The van der Waals surface area contributed by atoms with Crippen LogP contribution in [0.1, 0.15) is 22.3 Å². The number of amides is 2. The average molecular weight is 393 g/mol. The fourth-order valence-corrected chi connectivity index (χ4v) is 2.56. The fourth-order valence-electron chi connectivity index (χ4n) is 2.12. The molecule has 0 saturated heterocycles. The molecule has 124 valence electrons. The largest absolute Gasteiger partial charge is 0.465 e. The maximum atomic E-state index is 12.1. The number of methoxy groups -OCH3 is 1. The molecule has 0 aliphatic carbocycles. The standard InChI is InChI=1S/C16H13BrN2O5/c1-24-16(22)11-9-10(4-6-13(11)18-23)5-7-14(20)19-8-2-3-12(17)15(19)21/h3-7,9H,2,8H2,1H3/b7-5+. The van der Waals surface area contributed by atoms with Crippen molar-refractivity contribution in [3.8, 4) is 0 Å². The summed E-state index contributed by atoms with van der Waals surface area (Å²) in [6.07, 6.45) is 4.97. The average Bonchev–Trinajstić information content (AvgIpc) is 2.61. The van der Waals surface area contributed by atoms with Gasteiger partial charge in [0.1, 0.15) is 5.69 Å². The van der Waals surface area contributed by atoms with Gasteiger partial charge < -0.3 is 4.74 Å². The molecular weight excluding hydrogens is 380 g/mol. The van der Waals surface area contributed by atoms with Crippen LogP contribution in [0.3, 0.4) is 0 Å². The molecule has 0 atom stereocenters.